The number of halogens is 2. The molecule has 1 unspecified atom stereocenters. The summed E-state index contributed by atoms with van der Waals surface area (Å²) >= 11 is 0. The van der Waals surface area contributed by atoms with Crippen LogP contribution in [0.15, 0.2) is 47.3 Å². The van der Waals surface area contributed by atoms with Crippen LogP contribution in [0.3, 0.4) is 0 Å². The van der Waals surface area contributed by atoms with Crippen molar-refractivity contribution in [3.63, 3.8) is 0 Å². The summed E-state index contributed by atoms with van der Waals surface area (Å²) in [4.78, 5) is 19.0. The molecule has 9 heteroatoms. The summed E-state index contributed by atoms with van der Waals surface area (Å²) in [6, 6.07) is 10.3. The van der Waals surface area contributed by atoms with Gasteiger partial charge in [0.05, 0.1) is 24.6 Å². The first-order chi connectivity index (χ1) is 14.9. The fourth-order valence-electron chi connectivity index (χ4n) is 3.54. The highest BCUT2D eigenvalue weighted by molar-refractivity contribution is 7.27. The van der Waals surface area contributed by atoms with Gasteiger partial charge in [0.1, 0.15) is 24.0 Å². The third-order valence-electron chi connectivity index (χ3n) is 4.92. The fourth-order valence-corrected chi connectivity index (χ4v) is 3.86. The maximum Gasteiger partial charge on any atom is 0.258 e. The van der Waals surface area contributed by atoms with Crippen molar-refractivity contribution in [3.05, 3.63) is 76.0 Å². The number of nitrogens with zero attached hydrogens (tertiary/aromatic N) is 3. The largest absolute Gasteiger partial charge is 0.486 e. The van der Waals surface area contributed by atoms with Crippen molar-refractivity contribution in [3.8, 4) is 11.4 Å². The Kier molecular flexibility index (Phi) is 6.30. The molecule has 1 aromatic heterocycles. The number of aromatic nitrogens is 2. The van der Waals surface area contributed by atoms with Gasteiger partial charge < -0.3 is 14.4 Å². The number of morpholine rings is 1. The molecule has 1 aliphatic rings. The van der Waals surface area contributed by atoms with Crippen LogP contribution in [0.4, 0.5) is 14.5 Å². The Hall–Kier alpha value is -2.83. The molecule has 1 aliphatic heterocycles. The van der Waals surface area contributed by atoms with Crippen molar-refractivity contribution in [2.75, 3.05) is 31.2 Å². The molecule has 0 amide bonds. The van der Waals surface area contributed by atoms with E-state index in [4.69, 9.17) is 9.47 Å². The summed E-state index contributed by atoms with van der Waals surface area (Å²) in [6.07, 6.45) is 0. The maximum atomic E-state index is 14.9. The van der Waals surface area contributed by atoms with E-state index in [9.17, 15) is 13.6 Å². The molecule has 3 aromatic rings. The van der Waals surface area contributed by atoms with Gasteiger partial charge in [0, 0.05) is 37.0 Å². The molecule has 0 N–H and O–H groups in total. The lowest BCUT2D eigenvalue weighted by Crippen LogP contribution is -2.36. The second-order valence-corrected chi connectivity index (χ2v) is 7.90. The van der Waals surface area contributed by atoms with E-state index in [-0.39, 0.29) is 18.0 Å². The molecule has 31 heavy (non-hydrogen) atoms. The standard InChI is InChI=1S/C22H22F2N3O3P/c1-14-8-22(28)27(21(25-14)13-30-17-9-15(23)10-18(31)12-17)16-2-3-20(19(24)11-16)26-4-6-29-7-5-26/h2-3,8-12H,4-7,13,31H2,1H3. The summed E-state index contributed by atoms with van der Waals surface area (Å²) in [6.45, 7) is 3.90. The predicted octanol–water partition coefficient (Wildman–Crippen LogP) is 2.74. The van der Waals surface area contributed by atoms with Gasteiger partial charge >= 0.3 is 0 Å². The number of hydrogen-bond donors (Lipinski definition) is 0. The van der Waals surface area contributed by atoms with Crippen LogP contribution in [0.5, 0.6) is 5.75 Å². The molecule has 0 saturated carbocycles. The molecule has 0 aliphatic carbocycles. The third kappa shape index (κ3) is 4.92. The Morgan fingerprint density at radius 2 is 1.90 bits per heavy atom. The summed E-state index contributed by atoms with van der Waals surface area (Å²) in [5, 5.41) is 0.630. The highest BCUT2D eigenvalue weighted by Gasteiger charge is 2.17. The van der Waals surface area contributed by atoms with Gasteiger partial charge in [-0.25, -0.2) is 13.8 Å². The summed E-state index contributed by atoms with van der Waals surface area (Å²) in [5.41, 5.74) is 0.967. The maximum absolute atomic E-state index is 14.9. The number of aryl methyl sites for hydroxylation is 1. The van der Waals surface area contributed by atoms with Crippen LogP contribution >= 0.6 is 9.24 Å². The number of anilines is 1. The van der Waals surface area contributed by atoms with Crippen molar-refractivity contribution >= 4 is 20.2 Å². The quantitative estimate of drug-likeness (QED) is 0.566. The highest BCUT2D eigenvalue weighted by atomic mass is 31.0. The van der Waals surface area contributed by atoms with Crippen LogP contribution in [-0.4, -0.2) is 35.9 Å². The number of benzene rings is 2. The zero-order valence-corrected chi connectivity index (χ0v) is 18.1. The Morgan fingerprint density at radius 3 is 2.61 bits per heavy atom. The lowest BCUT2D eigenvalue weighted by atomic mass is 10.2. The average molecular weight is 445 g/mol. The fraction of sp³-hybridized carbons (Fsp3) is 0.273. The minimum absolute atomic E-state index is 0.0860. The Bertz CT molecular complexity index is 1140. The van der Waals surface area contributed by atoms with Crippen LogP contribution in [-0.2, 0) is 11.3 Å². The first-order valence-electron chi connectivity index (χ1n) is 9.82. The second kappa shape index (κ2) is 9.12. The van der Waals surface area contributed by atoms with Gasteiger partial charge in [-0.2, -0.15) is 0 Å². The molecule has 1 saturated heterocycles. The first kappa shape index (κ1) is 21.4. The van der Waals surface area contributed by atoms with Gasteiger partial charge in [0.15, 0.2) is 5.82 Å². The van der Waals surface area contributed by atoms with Crippen molar-refractivity contribution in [2.24, 2.45) is 0 Å². The van der Waals surface area contributed by atoms with Crippen LogP contribution in [0.2, 0.25) is 0 Å². The summed E-state index contributed by atoms with van der Waals surface area (Å²) < 4.78 is 40.9. The lowest BCUT2D eigenvalue weighted by molar-refractivity contribution is 0.122. The number of ether oxygens (including phenoxy) is 2. The Labute approximate surface area is 180 Å². The molecule has 1 atom stereocenters. The number of hydrogen-bond acceptors (Lipinski definition) is 5. The van der Waals surface area contributed by atoms with E-state index in [1.807, 2.05) is 4.90 Å². The number of rotatable bonds is 5. The van der Waals surface area contributed by atoms with E-state index < -0.39 is 11.6 Å². The smallest absolute Gasteiger partial charge is 0.258 e. The topological polar surface area (TPSA) is 56.6 Å². The van der Waals surface area contributed by atoms with Gasteiger partial charge in [-0.05, 0) is 36.5 Å². The van der Waals surface area contributed by atoms with Crippen LogP contribution in [0.25, 0.3) is 5.69 Å². The van der Waals surface area contributed by atoms with Gasteiger partial charge in [0.25, 0.3) is 5.56 Å². The Morgan fingerprint density at radius 1 is 1.13 bits per heavy atom. The normalized spacial score (nSPS) is 14.0. The molecule has 162 valence electrons. The molecule has 0 bridgehead atoms. The summed E-state index contributed by atoms with van der Waals surface area (Å²) in [7, 11) is 2.41. The molecule has 0 radical (unpaired) electrons. The molecule has 0 spiro atoms. The van der Waals surface area contributed by atoms with E-state index >= 15 is 0 Å². The van der Waals surface area contributed by atoms with Crippen molar-refractivity contribution < 1.29 is 18.3 Å². The molecular formula is C22H22F2N3O3P. The Balaban J connectivity index is 1.66. The first-order valence-corrected chi connectivity index (χ1v) is 10.4. The van der Waals surface area contributed by atoms with Crippen LogP contribution in [0, 0.1) is 18.6 Å². The lowest BCUT2D eigenvalue weighted by Gasteiger charge is -2.29. The average Bonchev–Trinajstić information content (AvgIpc) is 2.72. The second-order valence-electron chi connectivity index (χ2n) is 7.23. The van der Waals surface area contributed by atoms with E-state index in [0.29, 0.717) is 54.4 Å². The van der Waals surface area contributed by atoms with Gasteiger partial charge in [0.2, 0.25) is 0 Å². The predicted molar refractivity (Wildman–Crippen MR) is 118 cm³/mol. The molecule has 2 heterocycles. The third-order valence-corrected chi connectivity index (χ3v) is 5.25. The van der Waals surface area contributed by atoms with Gasteiger partial charge in [-0.3, -0.25) is 9.36 Å². The van der Waals surface area contributed by atoms with Crippen LogP contribution in [0.1, 0.15) is 11.5 Å². The summed E-state index contributed by atoms with van der Waals surface area (Å²) in [5.74, 6) is -0.270. The minimum atomic E-state index is -0.434. The highest BCUT2D eigenvalue weighted by Crippen LogP contribution is 2.23. The molecule has 4 rings (SSSR count). The minimum Gasteiger partial charge on any atom is -0.486 e. The monoisotopic (exact) mass is 445 g/mol. The van der Waals surface area contributed by atoms with E-state index in [2.05, 4.69) is 14.2 Å². The van der Waals surface area contributed by atoms with Crippen molar-refractivity contribution in [1.29, 1.82) is 0 Å². The van der Waals surface area contributed by atoms with E-state index in [0.717, 1.165) is 0 Å². The molecule has 1 fully saturated rings. The molecule has 6 nitrogen and oxygen atoms in total. The zero-order valence-electron chi connectivity index (χ0n) is 17.0. The van der Waals surface area contributed by atoms with E-state index in [1.54, 1.807) is 25.1 Å². The van der Waals surface area contributed by atoms with Crippen molar-refractivity contribution in [2.45, 2.75) is 13.5 Å². The van der Waals surface area contributed by atoms with E-state index in [1.165, 1.54) is 28.8 Å². The zero-order chi connectivity index (χ0) is 22.0. The van der Waals surface area contributed by atoms with Gasteiger partial charge in [-0.15, -0.1) is 9.24 Å². The molecule has 2 aromatic carbocycles. The van der Waals surface area contributed by atoms with Crippen molar-refractivity contribution in [1.82, 2.24) is 9.55 Å². The SMILES string of the molecule is Cc1cc(=O)n(-c2ccc(N3CCOCC3)c(F)c2)c(COc2cc(F)cc(P)c2)n1. The molecular weight excluding hydrogens is 423 g/mol. The van der Waals surface area contributed by atoms with Crippen LogP contribution < -0.4 is 20.5 Å². The van der Waals surface area contributed by atoms with Gasteiger partial charge in [-0.1, -0.05) is 0 Å².